The van der Waals surface area contributed by atoms with Gasteiger partial charge < -0.3 is 4.74 Å². The minimum atomic E-state index is -3.47. The lowest BCUT2D eigenvalue weighted by molar-refractivity contribution is 0.402. The van der Waals surface area contributed by atoms with E-state index in [1.807, 2.05) is 6.07 Å². The molecule has 4 nitrogen and oxygen atoms in total. The monoisotopic (exact) mass is 303 g/mol. The van der Waals surface area contributed by atoms with E-state index in [2.05, 4.69) is 15.9 Å². The van der Waals surface area contributed by atoms with E-state index in [1.165, 1.54) is 13.2 Å². The van der Waals surface area contributed by atoms with Crippen LogP contribution in [0.25, 0.3) is 0 Å². The second-order valence-electron chi connectivity index (χ2n) is 3.02. The Morgan fingerprint density at radius 3 is 2.75 bits per heavy atom. The number of rotatable bonds is 4. The summed E-state index contributed by atoms with van der Waals surface area (Å²) in [4.78, 5) is 0.111. The van der Waals surface area contributed by atoms with Crippen molar-refractivity contribution in [1.29, 1.82) is 5.26 Å². The molecule has 0 N–H and O–H groups in total. The summed E-state index contributed by atoms with van der Waals surface area (Å²) in [6.07, 6.45) is -0.0298. The number of hydrogen-bond donors (Lipinski definition) is 0. The van der Waals surface area contributed by atoms with Crippen molar-refractivity contribution >= 4 is 25.8 Å². The predicted molar refractivity (Wildman–Crippen MR) is 63.0 cm³/mol. The van der Waals surface area contributed by atoms with Crippen LogP contribution in [-0.2, 0) is 9.84 Å². The van der Waals surface area contributed by atoms with Crippen LogP contribution in [0.2, 0.25) is 0 Å². The number of methoxy groups -OCH3 is 1. The van der Waals surface area contributed by atoms with Crippen molar-refractivity contribution in [3.8, 4) is 11.8 Å². The number of nitrogens with zero attached hydrogens (tertiary/aromatic N) is 1. The summed E-state index contributed by atoms with van der Waals surface area (Å²) in [5.74, 6) is 0.0946. The van der Waals surface area contributed by atoms with E-state index in [1.54, 1.807) is 12.1 Å². The Labute approximate surface area is 103 Å². The lowest BCUT2D eigenvalue weighted by Crippen LogP contribution is -2.08. The molecule has 0 aliphatic rings. The van der Waals surface area contributed by atoms with Crippen molar-refractivity contribution in [2.24, 2.45) is 0 Å². The van der Waals surface area contributed by atoms with Crippen LogP contribution in [0.5, 0.6) is 5.75 Å². The molecule has 0 unspecified atom stereocenters. The van der Waals surface area contributed by atoms with E-state index in [4.69, 9.17) is 10.00 Å². The van der Waals surface area contributed by atoms with E-state index in [-0.39, 0.29) is 17.1 Å². The maximum atomic E-state index is 11.9. The van der Waals surface area contributed by atoms with Crippen molar-refractivity contribution in [3.05, 3.63) is 22.7 Å². The largest absolute Gasteiger partial charge is 0.495 e. The van der Waals surface area contributed by atoms with Crippen LogP contribution in [0.1, 0.15) is 6.42 Å². The van der Waals surface area contributed by atoms with Gasteiger partial charge in [-0.15, -0.1) is 0 Å². The molecule has 6 heteroatoms. The van der Waals surface area contributed by atoms with Crippen LogP contribution in [0.4, 0.5) is 0 Å². The van der Waals surface area contributed by atoms with Gasteiger partial charge in [0.05, 0.1) is 18.9 Å². The standard InChI is InChI=1S/C10H10BrNO3S/c1-15-9-4-3-8(11)7-10(9)16(13,14)6-2-5-12/h3-4,7H,2,6H2,1H3. The van der Waals surface area contributed by atoms with Gasteiger partial charge in [0.15, 0.2) is 9.84 Å². The molecule has 0 saturated heterocycles. The summed E-state index contributed by atoms with van der Waals surface area (Å²) < 4.78 is 29.4. The average molecular weight is 304 g/mol. The van der Waals surface area contributed by atoms with Crippen molar-refractivity contribution in [2.75, 3.05) is 12.9 Å². The molecular weight excluding hydrogens is 294 g/mol. The van der Waals surface area contributed by atoms with E-state index in [0.29, 0.717) is 10.2 Å². The number of sulfone groups is 1. The minimum Gasteiger partial charge on any atom is -0.495 e. The van der Waals surface area contributed by atoms with Crippen LogP contribution in [-0.4, -0.2) is 21.3 Å². The van der Waals surface area contributed by atoms with Gasteiger partial charge in [0.25, 0.3) is 0 Å². The van der Waals surface area contributed by atoms with Gasteiger partial charge in [-0.05, 0) is 18.2 Å². The summed E-state index contributed by atoms with van der Waals surface area (Å²) in [6.45, 7) is 0. The van der Waals surface area contributed by atoms with Gasteiger partial charge in [0.1, 0.15) is 10.6 Å². The topological polar surface area (TPSA) is 67.2 Å². The highest BCUT2D eigenvalue weighted by Crippen LogP contribution is 2.28. The fourth-order valence-electron chi connectivity index (χ4n) is 1.18. The Bertz CT molecular complexity index is 519. The Balaban J connectivity index is 3.21. The third-order valence-electron chi connectivity index (χ3n) is 1.94. The lowest BCUT2D eigenvalue weighted by atomic mass is 10.3. The predicted octanol–water partition coefficient (Wildman–Crippen LogP) is 2.15. The Kier molecular flexibility index (Phi) is 4.33. The molecule has 0 bridgehead atoms. The highest BCUT2D eigenvalue weighted by molar-refractivity contribution is 9.10. The first-order chi connectivity index (χ1) is 7.51. The highest BCUT2D eigenvalue weighted by Gasteiger charge is 2.19. The molecule has 1 aromatic rings. The van der Waals surface area contributed by atoms with Gasteiger partial charge >= 0.3 is 0 Å². The molecular formula is C10H10BrNO3S. The molecule has 0 heterocycles. The Morgan fingerprint density at radius 1 is 1.50 bits per heavy atom. The lowest BCUT2D eigenvalue weighted by Gasteiger charge is -2.08. The molecule has 1 rings (SSSR count). The zero-order valence-corrected chi connectivity index (χ0v) is 11.0. The first-order valence-corrected chi connectivity index (χ1v) is 6.89. The van der Waals surface area contributed by atoms with E-state index in [0.717, 1.165) is 0 Å². The Hall–Kier alpha value is -1.06. The number of nitriles is 1. The quantitative estimate of drug-likeness (QED) is 0.854. The summed E-state index contributed by atoms with van der Waals surface area (Å²) in [7, 11) is -2.06. The van der Waals surface area contributed by atoms with Crippen LogP contribution >= 0.6 is 15.9 Å². The Morgan fingerprint density at radius 2 is 2.19 bits per heavy atom. The maximum Gasteiger partial charge on any atom is 0.183 e. The van der Waals surface area contributed by atoms with E-state index >= 15 is 0 Å². The van der Waals surface area contributed by atoms with E-state index < -0.39 is 9.84 Å². The van der Waals surface area contributed by atoms with Crippen molar-refractivity contribution < 1.29 is 13.2 Å². The average Bonchev–Trinajstić information content (AvgIpc) is 2.26. The third-order valence-corrected chi connectivity index (χ3v) is 4.17. The van der Waals surface area contributed by atoms with E-state index in [9.17, 15) is 8.42 Å². The van der Waals surface area contributed by atoms with Crippen molar-refractivity contribution in [2.45, 2.75) is 11.3 Å². The van der Waals surface area contributed by atoms with Crippen LogP contribution < -0.4 is 4.74 Å². The molecule has 16 heavy (non-hydrogen) atoms. The molecule has 0 aromatic heterocycles. The first-order valence-electron chi connectivity index (χ1n) is 4.44. The van der Waals surface area contributed by atoms with Crippen LogP contribution in [0, 0.1) is 11.3 Å². The summed E-state index contributed by atoms with van der Waals surface area (Å²) in [6, 6.07) is 6.56. The molecule has 0 spiro atoms. The van der Waals surface area contributed by atoms with Gasteiger partial charge in [-0.3, -0.25) is 0 Å². The fourth-order valence-corrected chi connectivity index (χ4v) is 3.04. The first kappa shape index (κ1) is 13.0. The molecule has 0 saturated carbocycles. The maximum absolute atomic E-state index is 11.9. The number of ether oxygens (including phenoxy) is 1. The zero-order chi connectivity index (χ0) is 12.2. The van der Waals surface area contributed by atoms with Gasteiger partial charge in [0.2, 0.25) is 0 Å². The molecule has 86 valence electrons. The van der Waals surface area contributed by atoms with Gasteiger partial charge in [0, 0.05) is 10.9 Å². The molecule has 0 aliphatic heterocycles. The molecule has 0 aliphatic carbocycles. The van der Waals surface area contributed by atoms with Gasteiger partial charge in [-0.2, -0.15) is 5.26 Å². The minimum absolute atomic E-state index is 0.0298. The molecule has 0 radical (unpaired) electrons. The van der Waals surface area contributed by atoms with Gasteiger partial charge in [-0.1, -0.05) is 15.9 Å². The molecule has 0 amide bonds. The second-order valence-corrected chi connectivity index (χ2v) is 6.02. The van der Waals surface area contributed by atoms with Crippen LogP contribution in [0.3, 0.4) is 0 Å². The fraction of sp³-hybridized carbons (Fsp3) is 0.300. The summed E-state index contributed by atoms with van der Waals surface area (Å²) >= 11 is 3.20. The molecule has 0 fully saturated rings. The summed E-state index contributed by atoms with van der Waals surface area (Å²) in [5, 5.41) is 8.40. The number of hydrogen-bond acceptors (Lipinski definition) is 4. The molecule has 0 atom stereocenters. The normalized spacial score (nSPS) is 10.8. The highest BCUT2D eigenvalue weighted by atomic mass is 79.9. The number of benzene rings is 1. The zero-order valence-electron chi connectivity index (χ0n) is 8.60. The smallest absolute Gasteiger partial charge is 0.183 e. The SMILES string of the molecule is COc1ccc(Br)cc1S(=O)(=O)CCC#N. The van der Waals surface area contributed by atoms with Crippen molar-refractivity contribution in [1.82, 2.24) is 0 Å². The van der Waals surface area contributed by atoms with Gasteiger partial charge in [-0.25, -0.2) is 8.42 Å². The summed E-state index contributed by atoms with van der Waals surface area (Å²) in [5.41, 5.74) is 0. The van der Waals surface area contributed by atoms with Crippen molar-refractivity contribution in [3.63, 3.8) is 0 Å². The number of halogens is 1. The second kappa shape index (κ2) is 5.32. The molecule has 1 aromatic carbocycles. The third kappa shape index (κ3) is 2.97. The van der Waals surface area contributed by atoms with Crippen LogP contribution in [0.15, 0.2) is 27.6 Å².